The second kappa shape index (κ2) is 4.87. The third-order valence-electron chi connectivity index (χ3n) is 2.97. The van der Waals surface area contributed by atoms with Crippen LogP contribution in [0.2, 0.25) is 0 Å². The third-order valence-corrected chi connectivity index (χ3v) is 3.87. The van der Waals surface area contributed by atoms with Crippen LogP contribution >= 0.6 is 0 Å². The molecule has 0 saturated carbocycles. The third kappa shape index (κ3) is 2.95. The van der Waals surface area contributed by atoms with E-state index in [4.69, 9.17) is 9.88 Å². The van der Waals surface area contributed by atoms with Crippen LogP contribution in [0.1, 0.15) is 0 Å². The van der Waals surface area contributed by atoms with Gasteiger partial charge in [-0.3, -0.25) is 4.79 Å². The molecule has 0 fully saturated rings. The Hall–Kier alpha value is -1.82. The molecular weight excluding hydrogens is 317 g/mol. The van der Waals surface area contributed by atoms with Gasteiger partial charge in [0.05, 0.1) is 18.8 Å². The Morgan fingerprint density at radius 3 is 2.71 bits per heavy atom. The summed E-state index contributed by atoms with van der Waals surface area (Å²) in [5.41, 5.74) is 0. The van der Waals surface area contributed by atoms with E-state index in [9.17, 15) is 26.4 Å². The number of halogens is 3. The number of hydrogen-bond acceptors (Lipinski definition) is 5. The van der Waals surface area contributed by atoms with Crippen LogP contribution in [0.25, 0.3) is 0 Å². The van der Waals surface area contributed by atoms with E-state index in [0.717, 1.165) is 17.9 Å². The van der Waals surface area contributed by atoms with E-state index < -0.39 is 28.1 Å². The molecule has 118 valence electrons. The summed E-state index contributed by atoms with van der Waals surface area (Å²) in [6, 6.07) is -0.931. The number of alkyl halides is 3. The highest BCUT2D eigenvalue weighted by Gasteiger charge is 2.44. The van der Waals surface area contributed by atoms with E-state index in [1.165, 1.54) is 0 Å². The lowest BCUT2D eigenvalue weighted by atomic mass is 10.2. The first-order valence-corrected chi connectivity index (χ1v) is 7.12. The molecule has 21 heavy (non-hydrogen) atoms. The van der Waals surface area contributed by atoms with Crippen molar-refractivity contribution in [3.8, 4) is 5.88 Å². The standard InChI is InChI=1S/C9H11F3N4O4S/c1-15(8(17)9(10,11)12)5-3-16-7(20-4-5)6(2-14-16)21(13,18)19/h2,5H,3-4H2,1H3,(H2,13,18,19)/t5-/m0/s1. The molecule has 1 aliphatic heterocycles. The summed E-state index contributed by atoms with van der Waals surface area (Å²) in [5.74, 6) is -2.17. The predicted molar refractivity (Wildman–Crippen MR) is 61.7 cm³/mol. The Labute approximate surface area is 117 Å². The van der Waals surface area contributed by atoms with Crippen molar-refractivity contribution in [2.75, 3.05) is 13.7 Å². The van der Waals surface area contributed by atoms with Gasteiger partial charge in [-0.15, -0.1) is 0 Å². The van der Waals surface area contributed by atoms with Crippen LogP contribution in [0.4, 0.5) is 13.2 Å². The molecule has 1 atom stereocenters. The summed E-state index contributed by atoms with van der Waals surface area (Å²) < 4.78 is 65.7. The van der Waals surface area contributed by atoms with Crippen LogP contribution < -0.4 is 9.88 Å². The number of amides is 1. The van der Waals surface area contributed by atoms with Gasteiger partial charge in [-0.25, -0.2) is 18.2 Å². The summed E-state index contributed by atoms with van der Waals surface area (Å²) in [4.78, 5) is 11.3. The van der Waals surface area contributed by atoms with Crippen molar-refractivity contribution >= 4 is 15.9 Å². The monoisotopic (exact) mass is 328 g/mol. The first kappa shape index (κ1) is 15.6. The van der Waals surface area contributed by atoms with Gasteiger partial charge in [-0.1, -0.05) is 0 Å². The van der Waals surface area contributed by atoms with Crippen LogP contribution in [0.5, 0.6) is 5.88 Å². The topological polar surface area (TPSA) is 108 Å². The molecule has 0 aliphatic carbocycles. The van der Waals surface area contributed by atoms with Crippen molar-refractivity contribution in [3.05, 3.63) is 6.20 Å². The van der Waals surface area contributed by atoms with Gasteiger partial charge in [0.25, 0.3) is 0 Å². The van der Waals surface area contributed by atoms with Crippen LogP contribution in [-0.2, 0) is 21.4 Å². The summed E-state index contributed by atoms with van der Waals surface area (Å²) in [7, 11) is -3.06. The lowest BCUT2D eigenvalue weighted by Gasteiger charge is -2.32. The number of sulfonamides is 1. The first-order chi connectivity index (χ1) is 9.51. The largest absolute Gasteiger partial charge is 0.475 e. The van der Waals surface area contributed by atoms with Gasteiger partial charge in [0.2, 0.25) is 15.9 Å². The molecule has 2 rings (SSSR count). The molecule has 0 spiro atoms. The maximum Gasteiger partial charge on any atom is 0.471 e. The Bertz CT molecular complexity index is 669. The second-order valence-corrected chi connectivity index (χ2v) is 5.95. The SMILES string of the molecule is CN(C(=O)C(F)(F)F)[C@@H]1COc2c(S(N)(=O)=O)cnn2C1. The molecule has 0 radical (unpaired) electrons. The molecule has 0 bridgehead atoms. The Morgan fingerprint density at radius 1 is 1.57 bits per heavy atom. The molecule has 2 N–H and O–H groups in total. The molecule has 1 aliphatic rings. The van der Waals surface area contributed by atoms with Gasteiger partial charge in [-0.05, 0) is 0 Å². The summed E-state index contributed by atoms with van der Waals surface area (Å²) in [6.45, 7) is -0.435. The normalized spacial score (nSPS) is 18.8. The Morgan fingerprint density at radius 2 is 2.19 bits per heavy atom. The first-order valence-electron chi connectivity index (χ1n) is 5.57. The van der Waals surface area contributed by atoms with Gasteiger partial charge in [0.1, 0.15) is 6.61 Å². The maximum atomic E-state index is 12.4. The minimum atomic E-state index is -5.00. The fourth-order valence-electron chi connectivity index (χ4n) is 1.86. The number of nitrogens with two attached hydrogens (primary N) is 1. The number of rotatable bonds is 2. The van der Waals surface area contributed by atoms with Crippen molar-refractivity contribution in [2.24, 2.45) is 5.14 Å². The van der Waals surface area contributed by atoms with Crippen molar-refractivity contribution in [3.63, 3.8) is 0 Å². The van der Waals surface area contributed by atoms with Gasteiger partial charge >= 0.3 is 12.1 Å². The zero-order valence-electron chi connectivity index (χ0n) is 10.7. The number of aromatic nitrogens is 2. The van der Waals surface area contributed by atoms with E-state index in [-0.39, 0.29) is 23.9 Å². The van der Waals surface area contributed by atoms with E-state index in [1.807, 2.05) is 0 Å². The fraction of sp³-hybridized carbons (Fsp3) is 0.556. The second-order valence-electron chi connectivity index (χ2n) is 4.42. The van der Waals surface area contributed by atoms with Crippen LogP contribution in [0.15, 0.2) is 11.1 Å². The van der Waals surface area contributed by atoms with Crippen molar-refractivity contribution in [1.29, 1.82) is 0 Å². The number of primary sulfonamides is 1. The number of nitrogens with zero attached hydrogens (tertiary/aromatic N) is 3. The van der Waals surface area contributed by atoms with E-state index in [1.54, 1.807) is 0 Å². The lowest BCUT2D eigenvalue weighted by molar-refractivity contribution is -0.187. The molecule has 0 unspecified atom stereocenters. The molecule has 8 nitrogen and oxygen atoms in total. The molecular formula is C9H11F3N4O4S. The van der Waals surface area contributed by atoms with Gasteiger partial charge < -0.3 is 9.64 Å². The molecule has 1 aromatic rings. The lowest BCUT2D eigenvalue weighted by Crippen LogP contribution is -2.50. The average Bonchev–Trinajstić information content (AvgIpc) is 2.78. The molecule has 2 heterocycles. The smallest absolute Gasteiger partial charge is 0.471 e. The zero-order valence-corrected chi connectivity index (χ0v) is 11.5. The highest BCUT2D eigenvalue weighted by Crippen LogP contribution is 2.28. The summed E-state index contributed by atoms with van der Waals surface area (Å²) in [6.07, 6.45) is -4.05. The average molecular weight is 328 g/mol. The minimum Gasteiger partial charge on any atom is -0.475 e. The number of ether oxygens (including phenoxy) is 1. The Kier molecular flexibility index (Phi) is 3.61. The molecule has 0 saturated heterocycles. The van der Waals surface area contributed by atoms with E-state index in [0.29, 0.717) is 4.90 Å². The highest BCUT2D eigenvalue weighted by molar-refractivity contribution is 7.89. The van der Waals surface area contributed by atoms with Gasteiger partial charge in [0, 0.05) is 7.05 Å². The van der Waals surface area contributed by atoms with E-state index in [2.05, 4.69) is 5.10 Å². The molecule has 0 aromatic carbocycles. The van der Waals surface area contributed by atoms with Crippen molar-refractivity contribution in [1.82, 2.24) is 14.7 Å². The molecule has 12 heteroatoms. The van der Waals surface area contributed by atoms with Gasteiger partial charge in [0.15, 0.2) is 4.90 Å². The van der Waals surface area contributed by atoms with Crippen LogP contribution in [-0.4, -0.2) is 54.9 Å². The molecule has 1 aromatic heterocycles. The summed E-state index contributed by atoms with van der Waals surface area (Å²) >= 11 is 0. The number of hydrogen-bond donors (Lipinski definition) is 1. The number of likely N-dealkylation sites (N-methyl/N-ethyl adjacent to an activating group) is 1. The quantitative estimate of drug-likeness (QED) is 0.773. The van der Waals surface area contributed by atoms with Gasteiger partial charge in [-0.2, -0.15) is 18.3 Å². The minimum absolute atomic E-state index is 0.136. The predicted octanol–water partition coefficient (Wildman–Crippen LogP) is -0.688. The highest BCUT2D eigenvalue weighted by atomic mass is 32.2. The number of fused-ring (bicyclic) bond motifs is 1. The number of carbonyl (C=O) groups is 1. The maximum absolute atomic E-state index is 12.4. The summed E-state index contributed by atoms with van der Waals surface area (Å²) in [5, 5.41) is 8.64. The Balaban J connectivity index is 2.22. The van der Waals surface area contributed by atoms with E-state index >= 15 is 0 Å². The van der Waals surface area contributed by atoms with Crippen molar-refractivity contribution < 1.29 is 31.1 Å². The van der Waals surface area contributed by atoms with Crippen LogP contribution in [0, 0.1) is 0 Å². The van der Waals surface area contributed by atoms with Crippen LogP contribution in [0.3, 0.4) is 0 Å². The zero-order chi connectivity index (χ0) is 16.0. The van der Waals surface area contributed by atoms with Crippen molar-refractivity contribution in [2.45, 2.75) is 23.7 Å². The molecule has 1 amide bonds. The fourth-order valence-corrected chi connectivity index (χ4v) is 2.46. The number of carbonyl (C=O) groups excluding carboxylic acids is 1.